The molecule has 2 aromatic rings. The molecule has 0 heterocycles. The van der Waals surface area contributed by atoms with Crippen molar-refractivity contribution in [3.63, 3.8) is 0 Å². The van der Waals surface area contributed by atoms with Gasteiger partial charge in [0.1, 0.15) is 11.6 Å². The minimum atomic E-state index is -0.675. The molecule has 2 aromatic carbocycles. The summed E-state index contributed by atoms with van der Waals surface area (Å²) in [4.78, 5) is 23.3. The molecule has 0 aliphatic carbocycles. The van der Waals surface area contributed by atoms with Crippen molar-refractivity contribution in [1.29, 1.82) is 5.26 Å². The molecule has 8 heteroatoms. The van der Waals surface area contributed by atoms with Crippen LogP contribution in [-0.4, -0.2) is 18.4 Å². The van der Waals surface area contributed by atoms with Crippen molar-refractivity contribution in [2.45, 2.75) is 13.8 Å². The summed E-state index contributed by atoms with van der Waals surface area (Å²) in [5, 5.41) is 12.3. The summed E-state index contributed by atoms with van der Waals surface area (Å²) in [7, 11) is 0. The van der Waals surface area contributed by atoms with Crippen LogP contribution in [0.4, 0.5) is 5.69 Å². The average molecular weight is 418 g/mol. The van der Waals surface area contributed by atoms with Gasteiger partial charge in [0.15, 0.2) is 12.4 Å². The second-order valence-electron chi connectivity index (χ2n) is 6.01. The fraction of sp³-hybridized carbons (Fsp3) is 0.150. The van der Waals surface area contributed by atoms with Crippen LogP contribution >= 0.6 is 23.2 Å². The highest BCUT2D eigenvalue weighted by Gasteiger charge is 2.14. The van der Waals surface area contributed by atoms with Gasteiger partial charge in [0.25, 0.3) is 11.8 Å². The highest BCUT2D eigenvalue weighted by molar-refractivity contribution is 6.37. The lowest BCUT2D eigenvalue weighted by Gasteiger charge is -2.10. The van der Waals surface area contributed by atoms with Crippen molar-refractivity contribution in [1.82, 2.24) is 0 Å². The number of ether oxygens (including phenoxy) is 1. The molecule has 6 nitrogen and oxygen atoms in total. The van der Waals surface area contributed by atoms with Gasteiger partial charge in [-0.15, -0.1) is 0 Å². The number of primary amides is 1. The molecule has 2 rings (SSSR count). The van der Waals surface area contributed by atoms with E-state index < -0.39 is 11.8 Å². The van der Waals surface area contributed by atoms with Crippen LogP contribution in [0.2, 0.25) is 10.0 Å². The molecule has 2 amide bonds. The summed E-state index contributed by atoms with van der Waals surface area (Å²) >= 11 is 12.2. The molecule has 0 radical (unpaired) electrons. The number of nitrogens with zero attached hydrogens (tertiary/aromatic N) is 1. The highest BCUT2D eigenvalue weighted by atomic mass is 35.5. The Bertz CT molecular complexity index is 987. The maximum Gasteiger partial charge on any atom is 0.266 e. The zero-order valence-corrected chi connectivity index (χ0v) is 16.7. The number of carbonyl (C=O) groups excluding carboxylic acids is 2. The average Bonchev–Trinajstić information content (AvgIpc) is 2.61. The lowest BCUT2D eigenvalue weighted by atomic mass is 10.1. The van der Waals surface area contributed by atoms with Gasteiger partial charge in [0.05, 0.1) is 10.0 Å². The van der Waals surface area contributed by atoms with Crippen LogP contribution in [0.25, 0.3) is 6.08 Å². The van der Waals surface area contributed by atoms with Gasteiger partial charge in [-0.3, -0.25) is 9.59 Å². The van der Waals surface area contributed by atoms with Crippen molar-refractivity contribution in [3.05, 3.63) is 62.6 Å². The number of rotatable bonds is 6. The smallest absolute Gasteiger partial charge is 0.266 e. The number of halogens is 2. The summed E-state index contributed by atoms with van der Waals surface area (Å²) in [6.07, 6.45) is 1.36. The number of carbonyl (C=O) groups is 2. The number of amides is 2. The van der Waals surface area contributed by atoms with Gasteiger partial charge in [0, 0.05) is 5.69 Å². The minimum absolute atomic E-state index is 0.0949. The third-order valence-corrected chi connectivity index (χ3v) is 4.25. The van der Waals surface area contributed by atoms with Crippen LogP contribution < -0.4 is 15.8 Å². The van der Waals surface area contributed by atoms with Crippen LogP contribution in [0.15, 0.2) is 35.9 Å². The quantitative estimate of drug-likeness (QED) is 0.546. The Morgan fingerprint density at radius 2 is 1.86 bits per heavy atom. The lowest BCUT2D eigenvalue weighted by molar-refractivity contribution is -0.120. The fourth-order valence-corrected chi connectivity index (χ4v) is 3.02. The number of hydrogen-bond acceptors (Lipinski definition) is 4. The Balaban J connectivity index is 2.27. The zero-order chi connectivity index (χ0) is 20.8. The molecule has 0 unspecified atom stereocenters. The molecule has 3 N–H and O–H groups in total. The third-order valence-electron chi connectivity index (χ3n) is 3.69. The van der Waals surface area contributed by atoms with Crippen LogP contribution in [0.5, 0.6) is 5.75 Å². The first-order valence-corrected chi connectivity index (χ1v) is 8.87. The van der Waals surface area contributed by atoms with Crippen molar-refractivity contribution in [2.24, 2.45) is 5.73 Å². The first-order chi connectivity index (χ1) is 13.2. The summed E-state index contributed by atoms with van der Waals surface area (Å²) in [5.41, 5.74) is 7.89. The molecule has 28 heavy (non-hydrogen) atoms. The van der Waals surface area contributed by atoms with Crippen LogP contribution in [0.1, 0.15) is 16.7 Å². The molecule has 0 spiro atoms. The van der Waals surface area contributed by atoms with Crippen LogP contribution in [0.3, 0.4) is 0 Å². The molecule has 0 saturated carbocycles. The maximum absolute atomic E-state index is 12.5. The topological polar surface area (TPSA) is 105 Å². The Hall–Kier alpha value is -3.01. The number of nitrogens with two attached hydrogens (primary N) is 1. The molecule has 0 aliphatic heterocycles. The van der Waals surface area contributed by atoms with Gasteiger partial charge >= 0.3 is 0 Å². The first-order valence-electron chi connectivity index (χ1n) is 8.11. The number of anilines is 1. The van der Waals surface area contributed by atoms with Gasteiger partial charge in [0.2, 0.25) is 0 Å². The predicted octanol–water partition coefficient (Wildman–Crippen LogP) is 4.02. The monoisotopic (exact) mass is 417 g/mol. The van der Waals surface area contributed by atoms with Crippen LogP contribution in [0, 0.1) is 25.2 Å². The van der Waals surface area contributed by atoms with Gasteiger partial charge in [-0.25, -0.2) is 0 Å². The van der Waals surface area contributed by atoms with Gasteiger partial charge in [-0.2, -0.15) is 5.26 Å². The molecular weight excluding hydrogens is 401 g/mol. The highest BCUT2D eigenvalue weighted by Crippen LogP contribution is 2.35. The molecule has 0 aliphatic rings. The van der Waals surface area contributed by atoms with E-state index >= 15 is 0 Å². The van der Waals surface area contributed by atoms with E-state index in [2.05, 4.69) is 5.32 Å². The van der Waals surface area contributed by atoms with Gasteiger partial charge in [-0.1, -0.05) is 40.9 Å². The number of aryl methyl sites for hydroxylation is 2. The SMILES string of the molecule is Cc1ccc(NC(=O)/C(C#N)=C/c2cc(Cl)c(OCC(N)=O)c(Cl)c2)c(C)c1. The summed E-state index contributed by atoms with van der Waals surface area (Å²) in [5.74, 6) is -1.14. The zero-order valence-electron chi connectivity index (χ0n) is 15.2. The number of benzene rings is 2. The second kappa shape index (κ2) is 9.27. The van der Waals surface area contributed by atoms with E-state index in [1.54, 1.807) is 6.07 Å². The van der Waals surface area contributed by atoms with E-state index in [1.165, 1.54) is 18.2 Å². The van der Waals surface area contributed by atoms with Crippen LogP contribution in [-0.2, 0) is 9.59 Å². The molecule has 144 valence electrons. The van der Waals surface area contributed by atoms with E-state index in [1.807, 2.05) is 32.0 Å². The van der Waals surface area contributed by atoms with E-state index in [9.17, 15) is 14.9 Å². The van der Waals surface area contributed by atoms with Crippen molar-refractivity contribution >= 4 is 46.8 Å². The third kappa shape index (κ3) is 5.49. The van der Waals surface area contributed by atoms with E-state index in [0.29, 0.717) is 11.3 Å². The normalized spacial score (nSPS) is 10.9. The van der Waals surface area contributed by atoms with Gasteiger partial charge in [-0.05, 0) is 49.2 Å². The molecular formula is C20H17Cl2N3O3. The Labute approximate surface area is 172 Å². The molecule has 0 fully saturated rings. The number of nitriles is 1. The summed E-state index contributed by atoms with van der Waals surface area (Å²) < 4.78 is 5.16. The predicted molar refractivity (Wildman–Crippen MR) is 109 cm³/mol. The second-order valence-corrected chi connectivity index (χ2v) is 6.83. The standard InChI is InChI=1S/C20H17Cl2N3O3/c1-11-3-4-17(12(2)5-11)25-20(27)14(9-23)6-13-7-15(21)19(16(22)8-13)28-10-18(24)26/h3-8H,10H2,1-2H3,(H2,24,26)(H,25,27)/b14-6+. The lowest BCUT2D eigenvalue weighted by Crippen LogP contribution is -2.20. The Kier molecular flexibility index (Phi) is 7.05. The Morgan fingerprint density at radius 1 is 1.21 bits per heavy atom. The van der Waals surface area contributed by atoms with Crippen molar-refractivity contribution in [3.8, 4) is 11.8 Å². The minimum Gasteiger partial charge on any atom is -0.481 e. The molecule has 0 saturated heterocycles. The summed E-state index contributed by atoms with van der Waals surface area (Å²) in [6, 6.07) is 10.4. The number of nitrogens with one attached hydrogen (secondary N) is 1. The molecule has 0 atom stereocenters. The van der Waals surface area contributed by atoms with Gasteiger partial charge < -0.3 is 15.8 Å². The largest absolute Gasteiger partial charge is 0.481 e. The molecule has 0 bridgehead atoms. The van der Waals surface area contributed by atoms with E-state index in [0.717, 1.165) is 11.1 Å². The fourth-order valence-electron chi connectivity index (χ4n) is 2.40. The van der Waals surface area contributed by atoms with Crippen molar-refractivity contribution < 1.29 is 14.3 Å². The Morgan fingerprint density at radius 3 is 2.39 bits per heavy atom. The van der Waals surface area contributed by atoms with Crippen molar-refractivity contribution in [2.75, 3.05) is 11.9 Å². The van der Waals surface area contributed by atoms with E-state index in [4.69, 9.17) is 33.7 Å². The summed E-state index contributed by atoms with van der Waals surface area (Å²) in [6.45, 7) is 3.43. The molecule has 0 aromatic heterocycles. The van der Waals surface area contributed by atoms with E-state index in [-0.39, 0.29) is 28.0 Å². The first kappa shape index (κ1) is 21.3. The maximum atomic E-state index is 12.5. The number of hydrogen-bond donors (Lipinski definition) is 2.